The lowest BCUT2D eigenvalue weighted by Crippen LogP contribution is -2.42. The lowest BCUT2D eigenvalue weighted by atomic mass is 9.89. The molecule has 2 aromatic carbocycles. The summed E-state index contributed by atoms with van der Waals surface area (Å²) in [6, 6.07) is 14.0. The lowest BCUT2D eigenvalue weighted by molar-refractivity contribution is 0.0174. The van der Waals surface area contributed by atoms with Gasteiger partial charge in [-0.1, -0.05) is 12.1 Å². The Kier molecular flexibility index (Phi) is 5.08. The van der Waals surface area contributed by atoms with E-state index in [-0.39, 0.29) is 5.56 Å². The summed E-state index contributed by atoms with van der Waals surface area (Å²) in [4.78, 5) is 2.40. The summed E-state index contributed by atoms with van der Waals surface area (Å²) in [5.41, 5.74) is 1.23. The summed E-state index contributed by atoms with van der Waals surface area (Å²) in [5.74, 6) is 1.00. The molecule has 2 aliphatic rings. The third-order valence-electron chi connectivity index (χ3n) is 5.05. The van der Waals surface area contributed by atoms with E-state index in [1.165, 1.54) is 30.0 Å². The van der Waals surface area contributed by atoms with E-state index in [4.69, 9.17) is 9.13 Å². The standard InChI is InChI=1S/C21H22F2N2OS/c1-21(22,23)16-6-10-18(11-7-16)26-17-8-4-15(5-9-17)19-3-2-12-25-13-14-27-24-20(19)25/h4-11,19H,2-3,12-14H2,1H3. The molecule has 27 heavy (non-hydrogen) atoms. The van der Waals surface area contributed by atoms with Gasteiger partial charge in [-0.25, -0.2) is 13.2 Å². The van der Waals surface area contributed by atoms with Crippen molar-refractivity contribution in [2.24, 2.45) is 4.40 Å². The van der Waals surface area contributed by atoms with Crippen LogP contribution in [0.25, 0.3) is 0 Å². The van der Waals surface area contributed by atoms with Crippen LogP contribution in [0.4, 0.5) is 8.78 Å². The number of amidine groups is 1. The summed E-state index contributed by atoms with van der Waals surface area (Å²) >= 11 is 1.65. The molecule has 0 saturated carbocycles. The lowest BCUT2D eigenvalue weighted by Gasteiger charge is -2.37. The highest BCUT2D eigenvalue weighted by atomic mass is 32.2. The Balaban J connectivity index is 1.47. The first-order valence-electron chi connectivity index (χ1n) is 9.22. The maximum Gasteiger partial charge on any atom is 0.270 e. The number of piperidine rings is 1. The molecule has 3 nitrogen and oxygen atoms in total. The smallest absolute Gasteiger partial charge is 0.270 e. The molecule has 1 atom stereocenters. The first-order valence-corrected chi connectivity index (χ1v) is 10.2. The molecule has 2 aliphatic heterocycles. The highest BCUT2D eigenvalue weighted by Crippen LogP contribution is 2.34. The van der Waals surface area contributed by atoms with Crippen molar-refractivity contribution in [1.82, 2.24) is 4.90 Å². The van der Waals surface area contributed by atoms with Gasteiger partial charge in [0.25, 0.3) is 5.92 Å². The predicted molar refractivity (Wildman–Crippen MR) is 106 cm³/mol. The third kappa shape index (κ3) is 4.10. The van der Waals surface area contributed by atoms with Gasteiger partial charge >= 0.3 is 0 Å². The van der Waals surface area contributed by atoms with Crippen molar-refractivity contribution in [2.75, 3.05) is 18.8 Å². The number of benzene rings is 2. The minimum absolute atomic E-state index is 0.0156. The van der Waals surface area contributed by atoms with Crippen LogP contribution in [-0.2, 0) is 5.92 Å². The van der Waals surface area contributed by atoms with Crippen LogP contribution in [-0.4, -0.2) is 29.6 Å². The molecule has 142 valence electrons. The number of alkyl halides is 2. The van der Waals surface area contributed by atoms with E-state index in [1.54, 1.807) is 24.1 Å². The Labute approximate surface area is 162 Å². The number of rotatable bonds is 4. The van der Waals surface area contributed by atoms with E-state index >= 15 is 0 Å². The Morgan fingerprint density at radius 1 is 1.04 bits per heavy atom. The maximum absolute atomic E-state index is 13.3. The molecule has 1 saturated heterocycles. The van der Waals surface area contributed by atoms with E-state index in [9.17, 15) is 8.78 Å². The quantitative estimate of drug-likeness (QED) is 0.616. The van der Waals surface area contributed by atoms with Gasteiger partial charge in [0.2, 0.25) is 0 Å². The van der Waals surface area contributed by atoms with Crippen molar-refractivity contribution in [3.8, 4) is 11.5 Å². The Morgan fingerprint density at radius 3 is 2.37 bits per heavy atom. The topological polar surface area (TPSA) is 24.8 Å². The summed E-state index contributed by atoms with van der Waals surface area (Å²) in [5, 5.41) is 0. The van der Waals surface area contributed by atoms with Gasteiger partial charge in [0, 0.05) is 37.2 Å². The Morgan fingerprint density at radius 2 is 1.70 bits per heavy atom. The molecular weight excluding hydrogens is 366 g/mol. The van der Waals surface area contributed by atoms with Crippen molar-refractivity contribution in [1.29, 1.82) is 0 Å². The number of halogens is 2. The van der Waals surface area contributed by atoms with Crippen LogP contribution in [0.5, 0.6) is 11.5 Å². The molecule has 4 rings (SSSR count). The van der Waals surface area contributed by atoms with E-state index in [0.717, 1.165) is 32.2 Å². The summed E-state index contributed by atoms with van der Waals surface area (Å²) < 4.78 is 37.1. The highest BCUT2D eigenvalue weighted by Gasteiger charge is 2.29. The first-order chi connectivity index (χ1) is 13.0. The average Bonchev–Trinajstić information content (AvgIpc) is 2.68. The van der Waals surface area contributed by atoms with Gasteiger partial charge in [-0.2, -0.15) is 0 Å². The van der Waals surface area contributed by atoms with Crippen molar-refractivity contribution in [3.05, 3.63) is 59.7 Å². The van der Waals surface area contributed by atoms with Gasteiger partial charge in [0.05, 0.1) is 0 Å². The average molecular weight is 388 g/mol. The summed E-state index contributed by atoms with van der Waals surface area (Å²) in [6.07, 6.45) is 2.30. The SMILES string of the molecule is CC(F)(F)c1ccc(Oc2ccc(C3CCCN4CCSN=C34)cc2)cc1. The molecule has 0 amide bonds. The molecule has 2 aromatic rings. The summed E-state index contributed by atoms with van der Waals surface area (Å²) in [6.45, 7) is 3.07. The van der Waals surface area contributed by atoms with Crippen LogP contribution in [0.3, 0.4) is 0 Å². The van der Waals surface area contributed by atoms with Crippen LogP contribution in [0.2, 0.25) is 0 Å². The Bertz CT molecular complexity index is 816. The van der Waals surface area contributed by atoms with Gasteiger partial charge in [0.15, 0.2) is 0 Å². The van der Waals surface area contributed by atoms with Crippen molar-refractivity contribution in [2.45, 2.75) is 31.6 Å². The fourth-order valence-electron chi connectivity index (χ4n) is 3.60. The Hall–Kier alpha value is -2.08. The van der Waals surface area contributed by atoms with Crippen molar-refractivity contribution >= 4 is 17.8 Å². The zero-order valence-corrected chi connectivity index (χ0v) is 16.0. The molecular formula is C21H22F2N2OS. The third-order valence-corrected chi connectivity index (χ3v) is 5.73. The van der Waals surface area contributed by atoms with Crippen LogP contribution in [0.15, 0.2) is 52.9 Å². The summed E-state index contributed by atoms with van der Waals surface area (Å²) in [7, 11) is 0. The largest absolute Gasteiger partial charge is 0.457 e. The van der Waals surface area contributed by atoms with Gasteiger partial charge < -0.3 is 9.64 Å². The fourth-order valence-corrected chi connectivity index (χ4v) is 4.36. The zero-order chi connectivity index (χ0) is 18.9. The molecule has 0 bridgehead atoms. The second-order valence-electron chi connectivity index (χ2n) is 7.05. The van der Waals surface area contributed by atoms with Crippen LogP contribution < -0.4 is 4.74 Å². The molecule has 1 fully saturated rings. The normalized spacial score (nSPS) is 20.0. The van der Waals surface area contributed by atoms with Crippen molar-refractivity contribution < 1.29 is 13.5 Å². The minimum atomic E-state index is -2.84. The van der Waals surface area contributed by atoms with Gasteiger partial charge in [0.1, 0.15) is 17.3 Å². The first kappa shape index (κ1) is 18.3. The second kappa shape index (κ2) is 7.50. The fraction of sp³-hybridized carbons (Fsp3) is 0.381. The molecule has 2 heterocycles. The molecule has 6 heteroatoms. The van der Waals surface area contributed by atoms with E-state index < -0.39 is 5.92 Å². The minimum Gasteiger partial charge on any atom is -0.457 e. The zero-order valence-electron chi connectivity index (χ0n) is 15.2. The van der Waals surface area contributed by atoms with Crippen molar-refractivity contribution in [3.63, 3.8) is 0 Å². The number of hydrogen-bond acceptors (Lipinski definition) is 4. The van der Waals surface area contributed by atoms with E-state index in [2.05, 4.69) is 17.0 Å². The predicted octanol–water partition coefficient (Wildman–Crippen LogP) is 5.83. The molecule has 0 radical (unpaired) electrons. The van der Waals surface area contributed by atoms with Crippen LogP contribution in [0, 0.1) is 0 Å². The van der Waals surface area contributed by atoms with Gasteiger partial charge in [-0.15, -0.1) is 0 Å². The maximum atomic E-state index is 13.3. The molecule has 0 aliphatic carbocycles. The van der Waals surface area contributed by atoms with Crippen LogP contribution >= 0.6 is 11.9 Å². The molecule has 1 unspecified atom stereocenters. The highest BCUT2D eigenvalue weighted by molar-refractivity contribution is 7.98. The molecule has 0 spiro atoms. The number of nitrogens with zero attached hydrogens (tertiary/aromatic N) is 2. The molecule has 0 N–H and O–H groups in total. The monoisotopic (exact) mass is 388 g/mol. The van der Waals surface area contributed by atoms with E-state index in [0.29, 0.717) is 17.4 Å². The van der Waals surface area contributed by atoms with E-state index in [1.807, 2.05) is 12.1 Å². The van der Waals surface area contributed by atoms with Crippen LogP contribution in [0.1, 0.15) is 36.8 Å². The molecule has 0 aromatic heterocycles. The number of fused-ring (bicyclic) bond motifs is 1. The second-order valence-corrected chi connectivity index (χ2v) is 7.90. The van der Waals surface area contributed by atoms with Gasteiger partial charge in [-0.05, 0) is 66.8 Å². The number of hydrogen-bond donors (Lipinski definition) is 0. The van der Waals surface area contributed by atoms with Gasteiger partial charge in [-0.3, -0.25) is 0 Å². The number of ether oxygens (including phenoxy) is 1.